The van der Waals surface area contributed by atoms with Crippen molar-refractivity contribution in [2.24, 2.45) is 0 Å². The fraction of sp³-hybridized carbons (Fsp3) is 0.222. The van der Waals surface area contributed by atoms with E-state index >= 15 is 0 Å². The number of nitrogens with one attached hydrogen (secondary N) is 1. The van der Waals surface area contributed by atoms with E-state index in [9.17, 15) is 4.79 Å². The van der Waals surface area contributed by atoms with Crippen LogP contribution in [0.4, 0.5) is 5.82 Å². The summed E-state index contributed by atoms with van der Waals surface area (Å²) in [6, 6.07) is 15.5. The molecule has 0 fully saturated rings. The van der Waals surface area contributed by atoms with E-state index in [1.165, 1.54) is 0 Å². The quantitative estimate of drug-likeness (QED) is 0.775. The number of nitrogens with zero attached hydrogens (tertiary/aromatic N) is 1. The average Bonchev–Trinajstić information content (AvgIpc) is 2.97. The Bertz CT molecular complexity index is 826. The minimum atomic E-state index is -0.590. The summed E-state index contributed by atoms with van der Waals surface area (Å²) < 4.78 is 10.8. The lowest BCUT2D eigenvalue weighted by molar-refractivity contribution is -0.122. The van der Waals surface area contributed by atoms with Crippen molar-refractivity contribution in [1.29, 1.82) is 0 Å². The molecule has 0 saturated carbocycles. The molecule has 0 saturated heterocycles. The molecular formula is C18H18N2O3. The zero-order valence-electron chi connectivity index (χ0n) is 13.1. The van der Waals surface area contributed by atoms with Crippen molar-refractivity contribution in [2.75, 3.05) is 5.32 Å². The van der Waals surface area contributed by atoms with Crippen molar-refractivity contribution < 1.29 is 14.1 Å². The van der Waals surface area contributed by atoms with Crippen molar-refractivity contribution in [2.45, 2.75) is 26.4 Å². The van der Waals surface area contributed by atoms with Crippen LogP contribution in [-0.4, -0.2) is 17.2 Å². The standard InChI is InChI=1S/C18H18N2O3/c1-3-16(18(21)19-17-10-12(2)23-20-17)22-15-9-8-13-6-4-5-7-14(13)11-15/h4-11,16H,3H2,1-2H3,(H,19,20,21)/t16-/m1/s1. The van der Waals surface area contributed by atoms with Gasteiger partial charge in [0.05, 0.1) is 0 Å². The van der Waals surface area contributed by atoms with E-state index in [2.05, 4.69) is 10.5 Å². The van der Waals surface area contributed by atoms with Gasteiger partial charge in [0.1, 0.15) is 11.5 Å². The molecule has 0 bridgehead atoms. The Morgan fingerprint density at radius 3 is 2.70 bits per heavy atom. The molecule has 1 aromatic heterocycles. The summed E-state index contributed by atoms with van der Waals surface area (Å²) >= 11 is 0. The first-order chi connectivity index (χ1) is 11.2. The van der Waals surface area contributed by atoms with Gasteiger partial charge >= 0.3 is 0 Å². The second-order valence-electron chi connectivity index (χ2n) is 5.34. The van der Waals surface area contributed by atoms with Gasteiger partial charge in [-0.15, -0.1) is 0 Å². The number of aromatic nitrogens is 1. The number of hydrogen-bond donors (Lipinski definition) is 1. The van der Waals surface area contributed by atoms with Gasteiger partial charge in [0, 0.05) is 6.07 Å². The van der Waals surface area contributed by atoms with Crippen molar-refractivity contribution in [1.82, 2.24) is 5.16 Å². The van der Waals surface area contributed by atoms with Gasteiger partial charge in [0.15, 0.2) is 11.9 Å². The second kappa shape index (κ2) is 6.52. The highest BCUT2D eigenvalue weighted by atomic mass is 16.5. The third-order valence-corrected chi connectivity index (χ3v) is 3.54. The first-order valence-corrected chi connectivity index (χ1v) is 7.55. The van der Waals surface area contributed by atoms with Crippen LogP contribution in [-0.2, 0) is 4.79 Å². The molecule has 5 heteroatoms. The number of rotatable bonds is 5. The molecule has 0 aliphatic carbocycles. The van der Waals surface area contributed by atoms with E-state index in [0.29, 0.717) is 23.7 Å². The third-order valence-electron chi connectivity index (χ3n) is 3.54. The number of carbonyl (C=O) groups excluding carboxylic acids is 1. The van der Waals surface area contributed by atoms with Crippen LogP contribution in [0.1, 0.15) is 19.1 Å². The summed E-state index contributed by atoms with van der Waals surface area (Å²) in [5.74, 6) is 1.47. The summed E-state index contributed by atoms with van der Waals surface area (Å²) in [4.78, 5) is 12.3. The minimum Gasteiger partial charge on any atom is -0.481 e. The van der Waals surface area contributed by atoms with Gasteiger partial charge in [0.2, 0.25) is 0 Å². The Morgan fingerprint density at radius 2 is 2.00 bits per heavy atom. The van der Waals surface area contributed by atoms with Crippen molar-refractivity contribution in [3.63, 3.8) is 0 Å². The van der Waals surface area contributed by atoms with Crippen LogP contribution >= 0.6 is 0 Å². The molecule has 1 atom stereocenters. The van der Waals surface area contributed by atoms with E-state index in [1.54, 1.807) is 13.0 Å². The Balaban J connectivity index is 1.73. The molecule has 2 aromatic carbocycles. The number of amides is 1. The fourth-order valence-electron chi connectivity index (χ4n) is 2.36. The summed E-state index contributed by atoms with van der Waals surface area (Å²) in [5.41, 5.74) is 0. The fourth-order valence-corrected chi connectivity index (χ4v) is 2.36. The lowest BCUT2D eigenvalue weighted by Crippen LogP contribution is -2.32. The average molecular weight is 310 g/mol. The highest BCUT2D eigenvalue weighted by Crippen LogP contribution is 2.22. The molecule has 0 radical (unpaired) electrons. The molecule has 0 aliphatic rings. The van der Waals surface area contributed by atoms with Gasteiger partial charge in [-0.25, -0.2) is 0 Å². The lowest BCUT2D eigenvalue weighted by Gasteiger charge is -2.16. The van der Waals surface area contributed by atoms with Crippen LogP contribution in [0.3, 0.4) is 0 Å². The SMILES string of the molecule is CC[C@@H](Oc1ccc2ccccc2c1)C(=O)Nc1cc(C)on1. The molecule has 1 heterocycles. The monoisotopic (exact) mass is 310 g/mol. The summed E-state index contributed by atoms with van der Waals surface area (Å²) in [7, 11) is 0. The molecule has 1 N–H and O–H groups in total. The van der Waals surface area contributed by atoms with Gasteiger partial charge < -0.3 is 14.6 Å². The van der Waals surface area contributed by atoms with Crippen LogP contribution in [0.2, 0.25) is 0 Å². The first-order valence-electron chi connectivity index (χ1n) is 7.55. The second-order valence-corrected chi connectivity index (χ2v) is 5.34. The predicted molar refractivity (Wildman–Crippen MR) is 88.5 cm³/mol. The van der Waals surface area contributed by atoms with E-state index in [4.69, 9.17) is 9.26 Å². The number of anilines is 1. The maximum absolute atomic E-state index is 12.3. The summed E-state index contributed by atoms with van der Waals surface area (Å²) in [6.45, 7) is 3.67. The highest BCUT2D eigenvalue weighted by Gasteiger charge is 2.19. The highest BCUT2D eigenvalue weighted by molar-refractivity contribution is 5.93. The third kappa shape index (κ3) is 3.51. The molecule has 0 aliphatic heterocycles. The molecule has 0 unspecified atom stereocenters. The number of aryl methyl sites for hydroxylation is 1. The molecule has 3 aromatic rings. The molecule has 1 amide bonds. The summed E-state index contributed by atoms with van der Waals surface area (Å²) in [6.07, 6.45) is -0.0386. The Labute approximate surface area is 134 Å². The van der Waals surface area contributed by atoms with E-state index < -0.39 is 6.10 Å². The van der Waals surface area contributed by atoms with E-state index in [0.717, 1.165) is 10.8 Å². The Kier molecular flexibility index (Phi) is 4.28. The number of ether oxygens (including phenoxy) is 1. The van der Waals surface area contributed by atoms with Crippen LogP contribution in [0.5, 0.6) is 5.75 Å². The van der Waals surface area contributed by atoms with Crippen LogP contribution in [0, 0.1) is 6.92 Å². The van der Waals surface area contributed by atoms with Crippen LogP contribution < -0.4 is 10.1 Å². The molecular weight excluding hydrogens is 292 g/mol. The smallest absolute Gasteiger partial charge is 0.266 e. The number of benzene rings is 2. The van der Waals surface area contributed by atoms with Gasteiger partial charge in [-0.2, -0.15) is 0 Å². The van der Waals surface area contributed by atoms with Crippen molar-refractivity contribution in [3.05, 3.63) is 54.3 Å². The van der Waals surface area contributed by atoms with Gasteiger partial charge in [0.25, 0.3) is 5.91 Å². The molecule has 3 rings (SSSR count). The maximum atomic E-state index is 12.3. The number of carbonyl (C=O) groups is 1. The zero-order valence-corrected chi connectivity index (χ0v) is 13.1. The normalized spacial score (nSPS) is 12.1. The minimum absolute atomic E-state index is 0.242. The predicted octanol–water partition coefficient (Wildman–Crippen LogP) is 3.93. The van der Waals surface area contributed by atoms with Crippen LogP contribution in [0.25, 0.3) is 10.8 Å². The zero-order chi connectivity index (χ0) is 16.2. The van der Waals surface area contributed by atoms with Crippen molar-refractivity contribution in [3.8, 4) is 5.75 Å². The molecule has 23 heavy (non-hydrogen) atoms. The topological polar surface area (TPSA) is 64.4 Å². The number of hydrogen-bond acceptors (Lipinski definition) is 4. The van der Waals surface area contributed by atoms with Gasteiger partial charge in [-0.05, 0) is 36.2 Å². The van der Waals surface area contributed by atoms with E-state index in [1.807, 2.05) is 49.4 Å². The largest absolute Gasteiger partial charge is 0.481 e. The summed E-state index contributed by atoms with van der Waals surface area (Å²) in [5, 5.41) is 8.67. The molecule has 0 spiro atoms. The Morgan fingerprint density at radius 1 is 1.22 bits per heavy atom. The molecule has 5 nitrogen and oxygen atoms in total. The maximum Gasteiger partial charge on any atom is 0.266 e. The van der Waals surface area contributed by atoms with E-state index in [-0.39, 0.29) is 5.91 Å². The first kappa shape index (κ1) is 15.1. The molecule has 118 valence electrons. The van der Waals surface area contributed by atoms with Crippen LogP contribution in [0.15, 0.2) is 53.1 Å². The Hall–Kier alpha value is -2.82. The number of fused-ring (bicyclic) bond motifs is 1. The van der Waals surface area contributed by atoms with Gasteiger partial charge in [-0.3, -0.25) is 4.79 Å². The lowest BCUT2D eigenvalue weighted by atomic mass is 10.1. The van der Waals surface area contributed by atoms with Crippen molar-refractivity contribution >= 4 is 22.5 Å². The van der Waals surface area contributed by atoms with Gasteiger partial charge in [-0.1, -0.05) is 42.4 Å².